The van der Waals surface area contributed by atoms with E-state index in [2.05, 4.69) is 0 Å². The highest BCUT2D eigenvalue weighted by molar-refractivity contribution is 6.02. The van der Waals surface area contributed by atoms with Crippen LogP contribution in [0.25, 0.3) is 0 Å². The quantitative estimate of drug-likeness (QED) is 0.334. The molecule has 2 aromatic carbocycles. The van der Waals surface area contributed by atoms with Crippen molar-refractivity contribution in [2.45, 2.75) is 25.7 Å². The first kappa shape index (κ1) is 24.2. The van der Waals surface area contributed by atoms with E-state index in [0.717, 1.165) is 12.8 Å². The number of ether oxygens (including phenoxy) is 2. The normalized spacial score (nSPS) is 10.4. The summed E-state index contributed by atoms with van der Waals surface area (Å²) in [5.41, 5.74) is -1.29. The molecule has 0 unspecified atom stereocenters. The molecule has 10 heteroatoms. The number of unbranched alkanes of at least 4 members (excludes halogenated alkanes) is 3. The summed E-state index contributed by atoms with van der Waals surface area (Å²) in [6.45, 7) is 0.649. The zero-order valence-electron chi connectivity index (χ0n) is 16.9. The number of carboxylic acid groups (broad SMARTS) is 4. The van der Waals surface area contributed by atoms with E-state index in [9.17, 15) is 19.2 Å². The highest BCUT2D eigenvalue weighted by Crippen LogP contribution is 2.20. The van der Waals surface area contributed by atoms with E-state index < -0.39 is 23.9 Å². The van der Waals surface area contributed by atoms with E-state index >= 15 is 0 Å². The van der Waals surface area contributed by atoms with Gasteiger partial charge in [-0.2, -0.15) is 0 Å². The van der Waals surface area contributed by atoms with Gasteiger partial charge in [0.25, 0.3) is 0 Å². The number of aromatic carboxylic acids is 4. The van der Waals surface area contributed by atoms with Gasteiger partial charge in [0.15, 0.2) is 0 Å². The number of carboxylic acids is 4. The van der Waals surface area contributed by atoms with Crippen LogP contribution in [0.1, 0.15) is 67.1 Å². The molecular formula is C22H22O10. The maximum absolute atomic E-state index is 11.2. The summed E-state index contributed by atoms with van der Waals surface area (Å²) in [6, 6.07) is 7.56. The van der Waals surface area contributed by atoms with Gasteiger partial charge in [0.05, 0.1) is 35.5 Å². The molecule has 0 saturated carbocycles. The van der Waals surface area contributed by atoms with Gasteiger partial charge >= 0.3 is 23.9 Å². The Bertz CT molecular complexity index is 930. The second-order valence-electron chi connectivity index (χ2n) is 6.75. The van der Waals surface area contributed by atoms with Gasteiger partial charge in [-0.3, -0.25) is 0 Å². The summed E-state index contributed by atoms with van der Waals surface area (Å²) >= 11 is 0. The molecule has 0 fully saturated rings. The molecule has 32 heavy (non-hydrogen) atoms. The molecule has 0 heterocycles. The van der Waals surface area contributed by atoms with Crippen LogP contribution >= 0.6 is 0 Å². The van der Waals surface area contributed by atoms with Crippen LogP contribution < -0.4 is 9.47 Å². The van der Waals surface area contributed by atoms with Gasteiger partial charge in [0.2, 0.25) is 0 Å². The average Bonchev–Trinajstić information content (AvgIpc) is 2.74. The van der Waals surface area contributed by atoms with E-state index in [1.165, 1.54) is 36.4 Å². The molecule has 0 spiro atoms. The zero-order chi connectivity index (χ0) is 23.7. The fourth-order valence-electron chi connectivity index (χ4n) is 2.89. The van der Waals surface area contributed by atoms with E-state index in [-0.39, 0.29) is 33.8 Å². The molecule has 0 radical (unpaired) electrons. The minimum Gasteiger partial charge on any atom is -0.494 e. The molecule has 0 aliphatic heterocycles. The number of benzene rings is 2. The lowest BCUT2D eigenvalue weighted by Crippen LogP contribution is -2.09. The van der Waals surface area contributed by atoms with Gasteiger partial charge in [-0.15, -0.1) is 0 Å². The van der Waals surface area contributed by atoms with Crippen LogP contribution in [-0.4, -0.2) is 57.5 Å². The summed E-state index contributed by atoms with van der Waals surface area (Å²) in [7, 11) is 0. The predicted molar refractivity (Wildman–Crippen MR) is 110 cm³/mol. The van der Waals surface area contributed by atoms with Crippen molar-refractivity contribution in [3.8, 4) is 11.5 Å². The Morgan fingerprint density at radius 3 is 1.19 bits per heavy atom. The Hall–Kier alpha value is -4.08. The van der Waals surface area contributed by atoms with Crippen molar-refractivity contribution in [2.24, 2.45) is 0 Å². The standard InChI is InChI=1S/C22H22O10/c23-19(24)15-7-5-13(11-17(15)21(27)28)31-9-3-1-2-4-10-32-14-6-8-16(20(25)26)18(12-14)22(29)30/h5-8,11-12H,1-4,9-10H2,(H,23,24)(H,25,26)(H,27,28)(H,29,30). The van der Waals surface area contributed by atoms with Gasteiger partial charge in [-0.05, 0) is 62.1 Å². The van der Waals surface area contributed by atoms with Crippen LogP contribution in [0.4, 0.5) is 0 Å². The molecule has 0 aromatic heterocycles. The molecule has 0 aliphatic rings. The molecular weight excluding hydrogens is 424 g/mol. The number of hydrogen-bond acceptors (Lipinski definition) is 6. The van der Waals surface area contributed by atoms with Crippen LogP contribution in [0, 0.1) is 0 Å². The summed E-state index contributed by atoms with van der Waals surface area (Å²) in [6.07, 6.45) is 2.94. The smallest absolute Gasteiger partial charge is 0.336 e. The Labute approximate surface area is 182 Å². The molecule has 0 aliphatic carbocycles. The SMILES string of the molecule is O=C(O)c1ccc(OCCCCCCOc2ccc(C(=O)O)c(C(=O)O)c2)cc1C(=O)O. The molecule has 10 nitrogen and oxygen atoms in total. The van der Waals surface area contributed by atoms with Crippen LogP contribution in [-0.2, 0) is 0 Å². The number of rotatable bonds is 13. The molecule has 0 atom stereocenters. The zero-order valence-corrected chi connectivity index (χ0v) is 16.9. The third-order valence-electron chi connectivity index (χ3n) is 4.48. The first-order valence-corrected chi connectivity index (χ1v) is 9.67. The van der Waals surface area contributed by atoms with E-state index in [1.807, 2.05) is 0 Å². The van der Waals surface area contributed by atoms with Crippen molar-refractivity contribution < 1.29 is 49.1 Å². The lowest BCUT2D eigenvalue weighted by atomic mass is 10.1. The Morgan fingerprint density at radius 2 is 0.875 bits per heavy atom. The number of carbonyl (C=O) groups is 4. The van der Waals surface area contributed by atoms with Crippen molar-refractivity contribution in [1.29, 1.82) is 0 Å². The van der Waals surface area contributed by atoms with Crippen LogP contribution in [0.2, 0.25) is 0 Å². The molecule has 0 amide bonds. The average molecular weight is 446 g/mol. The third kappa shape index (κ3) is 6.73. The predicted octanol–water partition coefficient (Wildman–Crippen LogP) is 3.50. The van der Waals surface area contributed by atoms with Crippen molar-refractivity contribution in [2.75, 3.05) is 13.2 Å². The molecule has 2 aromatic rings. The van der Waals surface area contributed by atoms with Crippen molar-refractivity contribution >= 4 is 23.9 Å². The Balaban J connectivity index is 1.71. The van der Waals surface area contributed by atoms with Gasteiger partial charge < -0.3 is 29.9 Å². The fourth-order valence-corrected chi connectivity index (χ4v) is 2.89. The minimum atomic E-state index is -1.35. The first-order valence-electron chi connectivity index (χ1n) is 9.67. The van der Waals surface area contributed by atoms with Gasteiger partial charge in [0.1, 0.15) is 11.5 Å². The lowest BCUT2D eigenvalue weighted by Gasteiger charge is -2.10. The third-order valence-corrected chi connectivity index (χ3v) is 4.48. The molecule has 0 saturated heterocycles. The van der Waals surface area contributed by atoms with Crippen LogP contribution in [0.5, 0.6) is 11.5 Å². The second-order valence-corrected chi connectivity index (χ2v) is 6.75. The highest BCUT2D eigenvalue weighted by Gasteiger charge is 2.17. The maximum Gasteiger partial charge on any atom is 0.336 e. The molecule has 4 N–H and O–H groups in total. The highest BCUT2D eigenvalue weighted by atomic mass is 16.5. The largest absolute Gasteiger partial charge is 0.494 e. The fraction of sp³-hybridized carbons (Fsp3) is 0.273. The van der Waals surface area contributed by atoms with E-state index in [4.69, 9.17) is 29.9 Å². The molecule has 170 valence electrons. The lowest BCUT2D eigenvalue weighted by molar-refractivity contribution is 0.0651. The van der Waals surface area contributed by atoms with Gasteiger partial charge in [0, 0.05) is 0 Å². The van der Waals surface area contributed by atoms with Gasteiger partial charge in [-0.25, -0.2) is 19.2 Å². The van der Waals surface area contributed by atoms with Crippen molar-refractivity contribution in [3.63, 3.8) is 0 Å². The van der Waals surface area contributed by atoms with Crippen LogP contribution in [0.15, 0.2) is 36.4 Å². The summed E-state index contributed by atoms with van der Waals surface area (Å²) in [5, 5.41) is 36.2. The van der Waals surface area contributed by atoms with Crippen molar-refractivity contribution in [1.82, 2.24) is 0 Å². The minimum absolute atomic E-state index is 0.273. The first-order chi connectivity index (χ1) is 15.2. The number of hydrogen-bond donors (Lipinski definition) is 4. The molecule has 0 bridgehead atoms. The Kier molecular flexibility index (Phi) is 8.58. The van der Waals surface area contributed by atoms with E-state index in [1.54, 1.807) is 0 Å². The topological polar surface area (TPSA) is 168 Å². The van der Waals surface area contributed by atoms with Crippen LogP contribution in [0.3, 0.4) is 0 Å². The molecule has 2 rings (SSSR count). The maximum atomic E-state index is 11.2. The second kappa shape index (κ2) is 11.3. The monoisotopic (exact) mass is 446 g/mol. The summed E-state index contributed by atoms with van der Waals surface area (Å²) < 4.78 is 11.0. The van der Waals surface area contributed by atoms with E-state index in [0.29, 0.717) is 26.1 Å². The summed E-state index contributed by atoms with van der Waals surface area (Å²) in [4.78, 5) is 44.4. The van der Waals surface area contributed by atoms with Crippen molar-refractivity contribution in [3.05, 3.63) is 58.7 Å². The summed E-state index contributed by atoms with van der Waals surface area (Å²) in [5.74, 6) is -4.80. The van der Waals surface area contributed by atoms with Gasteiger partial charge in [-0.1, -0.05) is 0 Å². The Morgan fingerprint density at radius 1 is 0.531 bits per heavy atom.